The minimum atomic E-state index is 0.522. The second-order valence-electron chi connectivity index (χ2n) is 4.38. The number of nitrogens with two attached hydrogens (primary N) is 1. The van der Waals surface area contributed by atoms with Crippen molar-refractivity contribution in [2.24, 2.45) is 11.7 Å². The molecule has 82 valence electrons. The van der Waals surface area contributed by atoms with Crippen molar-refractivity contribution in [3.05, 3.63) is 40.5 Å². The van der Waals surface area contributed by atoms with E-state index in [1.165, 1.54) is 22.3 Å². The fraction of sp³-hybridized carbons (Fsp3) is 0.429. The quantitative estimate of drug-likeness (QED) is 0.801. The summed E-state index contributed by atoms with van der Waals surface area (Å²) >= 11 is 0. The van der Waals surface area contributed by atoms with E-state index in [1.807, 2.05) is 0 Å². The molecule has 1 heteroatoms. The van der Waals surface area contributed by atoms with Crippen molar-refractivity contribution < 1.29 is 0 Å². The molecule has 0 saturated carbocycles. The van der Waals surface area contributed by atoms with Gasteiger partial charge in [0.05, 0.1) is 0 Å². The zero-order valence-corrected chi connectivity index (χ0v) is 10.2. The van der Waals surface area contributed by atoms with E-state index in [4.69, 9.17) is 5.73 Å². The molecule has 0 unspecified atom stereocenters. The Hall–Kier alpha value is -1.08. The molecule has 0 heterocycles. The Kier molecular flexibility index (Phi) is 4.10. The van der Waals surface area contributed by atoms with Gasteiger partial charge in [0, 0.05) is 6.54 Å². The van der Waals surface area contributed by atoms with Gasteiger partial charge in [0.2, 0.25) is 0 Å². The molecule has 0 saturated heterocycles. The third kappa shape index (κ3) is 2.93. The van der Waals surface area contributed by atoms with Gasteiger partial charge >= 0.3 is 0 Å². The van der Waals surface area contributed by atoms with Crippen LogP contribution in [-0.4, -0.2) is 6.54 Å². The maximum Gasteiger partial charge on any atom is 0.0142 e. The van der Waals surface area contributed by atoms with E-state index in [1.54, 1.807) is 0 Å². The molecule has 0 spiro atoms. The lowest BCUT2D eigenvalue weighted by atomic mass is 9.96. The molecule has 0 atom stereocenters. The van der Waals surface area contributed by atoms with Crippen LogP contribution in [0.4, 0.5) is 0 Å². The lowest BCUT2D eigenvalue weighted by molar-refractivity contribution is 0.752. The summed E-state index contributed by atoms with van der Waals surface area (Å²) in [6.07, 6.45) is 2.25. The third-order valence-corrected chi connectivity index (χ3v) is 2.85. The van der Waals surface area contributed by atoms with Gasteiger partial charge in [-0.3, -0.25) is 0 Å². The van der Waals surface area contributed by atoms with Crippen molar-refractivity contribution in [2.45, 2.75) is 27.7 Å². The van der Waals surface area contributed by atoms with Gasteiger partial charge < -0.3 is 5.73 Å². The Morgan fingerprint density at radius 1 is 1.27 bits per heavy atom. The van der Waals surface area contributed by atoms with Crippen molar-refractivity contribution in [3.8, 4) is 0 Å². The van der Waals surface area contributed by atoms with E-state index in [9.17, 15) is 0 Å². The summed E-state index contributed by atoms with van der Waals surface area (Å²) in [5.41, 5.74) is 11.0. The summed E-state index contributed by atoms with van der Waals surface area (Å²) in [7, 11) is 0. The number of aryl methyl sites for hydroxylation is 2. The molecule has 0 aliphatic carbocycles. The van der Waals surface area contributed by atoms with Crippen LogP contribution in [0.3, 0.4) is 0 Å². The monoisotopic (exact) mass is 203 g/mol. The smallest absolute Gasteiger partial charge is 0.0142 e. The second kappa shape index (κ2) is 5.13. The van der Waals surface area contributed by atoms with Gasteiger partial charge in [-0.25, -0.2) is 0 Å². The van der Waals surface area contributed by atoms with Crippen LogP contribution in [0.2, 0.25) is 0 Å². The maximum absolute atomic E-state index is 5.75. The molecule has 0 bridgehead atoms. The predicted octanol–water partition coefficient (Wildman–Crippen LogP) is 3.30. The standard InChI is InChI=1S/C14H21N/c1-10(2)13(9-15)8-14-11(3)6-5-7-12(14)4/h5-8,10H,9,15H2,1-4H3/b13-8+. The van der Waals surface area contributed by atoms with Crippen LogP contribution in [-0.2, 0) is 0 Å². The molecule has 0 amide bonds. The van der Waals surface area contributed by atoms with Crippen molar-refractivity contribution in [1.29, 1.82) is 0 Å². The molecule has 0 aliphatic rings. The Morgan fingerprint density at radius 3 is 2.20 bits per heavy atom. The molecule has 0 fully saturated rings. The lowest BCUT2D eigenvalue weighted by Gasteiger charge is -2.11. The first kappa shape index (κ1) is 12.0. The molecule has 1 nitrogen and oxygen atoms in total. The van der Waals surface area contributed by atoms with E-state index in [2.05, 4.69) is 52.0 Å². The van der Waals surface area contributed by atoms with Gasteiger partial charge in [-0.1, -0.05) is 43.7 Å². The Bertz CT molecular complexity index is 341. The molecule has 0 radical (unpaired) electrons. The van der Waals surface area contributed by atoms with Gasteiger partial charge in [-0.05, 0) is 36.5 Å². The summed E-state index contributed by atoms with van der Waals surface area (Å²) in [5, 5.41) is 0. The summed E-state index contributed by atoms with van der Waals surface area (Å²) in [5.74, 6) is 0.522. The molecule has 0 aliphatic heterocycles. The molecule has 15 heavy (non-hydrogen) atoms. The van der Waals surface area contributed by atoms with Crippen LogP contribution in [0.15, 0.2) is 23.8 Å². The Morgan fingerprint density at radius 2 is 1.80 bits per heavy atom. The Labute approximate surface area is 93.0 Å². The molecule has 0 aromatic heterocycles. The normalized spacial score (nSPS) is 12.3. The van der Waals surface area contributed by atoms with Gasteiger partial charge in [-0.15, -0.1) is 0 Å². The Balaban J connectivity index is 3.16. The van der Waals surface area contributed by atoms with Gasteiger partial charge in [0.25, 0.3) is 0 Å². The van der Waals surface area contributed by atoms with E-state index in [0.29, 0.717) is 12.5 Å². The van der Waals surface area contributed by atoms with Crippen LogP contribution in [0, 0.1) is 19.8 Å². The first-order chi connectivity index (χ1) is 7.06. The van der Waals surface area contributed by atoms with Crippen LogP contribution in [0.5, 0.6) is 0 Å². The minimum absolute atomic E-state index is 0.522. The maximum atomic E-state index is 5.75. The van der Waals surface area contributed by atoms with E-state index >= 15 is 0 Å². The minimum Gasteiger partial charge on any atom is -0.327 e. The predicted molar refractivity (Wildman–Crippen MR) is 67.8 cm³/mol. The van der Waals surface area contributed by atoms with Crippen molar-refractivity contribution in [3.63, 3.8) is 0 Å². The van der Waals surface area contributed by atoms with Crippen LogP contribution >= 0.6 is 0 Å². The van der Waals surface area contributed by atoms with Crippen molar-refractivity contribution >= 4 is 6.08 Å². The summed E-state index contributed by atoms with van der Waals surface area (Å²) in [6.45, 7) is 9.31. The topological polar surface area (TPSA) is 26.0 Å². The molecule has 1 aromatic rings. The van der Waals surface area contributed by atoms with E-state index in [0.717, 1.165) is 0 Å². The van der Waals surface area contributed by atoms with Crippen LogP contribution in [0.25, 0.3) is 6.08 Å². The fourth-order valence-electron chi connectivity index (χ4n) is 1.70. The zero-order chi connectivity index (χ0) is 11.4. The molecule has 2 N–H and O–H groups in total. The highest BCUT2D eigenvalue weighted by molar-refractivity contribution is 5.60. The number of hydrogen-bond acceptors (Lipinski definition) is 1. The summed E-state index contributed by atoms with van der Waals surface area (Å²) in [6, 6.07) is 6.39. The highest BCUT2D eigenvalue weighted by Gasteiger charge is 2.04. The van der Waals surface area contributed by atoms with Gasteiger partial charge in [0.1, 0.15) is 0 Å². The number of benzene rings is 1. The lowest BCUT2D eigenvalue weighted by Crippen LogP contribution is -2.08. The largest absolute Gasteiger partial charge is 0.327 e. The van der Waals surface area contributed by atoms with Crippen molar-refractivity contribution in [2.75, 3.05) is 6.54 Å². The first-order valence-electron chi connectivity index (χ1n) is 5.53. The second-order valence-corrected chi connectivity index (χ2v) is 4.38. The van der Waals surface area contributed by atoms with Gasteiger partial charge in [-0.2, -0.15) is 0 Å². The van der Waals surface area contributed by atoms with E-state index < -0.39 is 0 Å². The molecule has 1 rings (SSSR count). The SMILES string of the molecule is Cc1cccc(C)c1/C=C(\CN)C(C)C. The number of hydrogen-bond donors (Lipinski definition) is 1. The third-order valence-electron chi connectivity index (χ3n) is 2.85. The average molecular weight is 203 g/mol. The molecular weight excluding hydrogens is 182 g/mol. The average Bonchev–Trinajstić information content (AvgIpc) is 2.17. The molecular formula is C14H21N. The molecule has 1 aromatic carbocycles. The van der Waals surface area contributed by atoms with Crippen LogP contribution in [0.1, 0.15) is 30.5 Å². The van der Waals surface area contributed by atoms with Gasteiger partial charge in [0.15, 0.2) is 0 Å². The fourth-order valence-corrected chi connectivity index (χ4v) is 1.70. The highest BCUT2D eigenvalue weighted by Crippen LogP contribution is 2.19. The highest BCUT2D eigenvalue weighted by atomic mass is 14.5. The van der Waals surface area contributed by atoms with E-state index in [-0.39, 0.29) is 0 Å². The van der Waals surface area contributed by atoms with Crippen molar-refractivity contribution in [1.82, 2.24) is 0 Å². The first-order valence-corrected chi connectivity index (χ1v) is 5.53. The zero-order valence-electron chi connectivity index (χ0n) is 10.2. The summed E-state index contributed by atoms with van der Waals surface area (Å²) in [4.78, 5) is 0. The summed E-state index contributed by atoms with van der Waals surface area (Å²) < 4.78 is 0. The number of rotatable bonds is 3. The van der Waals surface area contributed by atoms with Crippen LogP contribution < -0.4 is 5.73 Å².